The molecule has 0 aliphatic carbocycles. The normalized spacial score (nSPS) is 10.9. The van der Waals surface area contributed by atoms with E-state index in [0.717, 1.165) is 15.7 Å². The van der Waals surface area contributed by atoms with E-state index in [4.69, 9.17) is 5.11 Å². The van der Waals surface area contributed by atoms with Crippen LogP contribution in [0.5, 0.6) is 0 Å². The highest BCUT2D eigenvalue weighted by Crippen LogP contribution is 2.27. The van der Waals surface area contributed by atoms with Gasteiger partial charge in [0.15, 0.2) is 10.8 Å². The molecule has 3 rings (SSSR count). The number of aromatic nitrogens is 3. The number of imidazole rings is 1. The van der Waals surface area contributed by atoms with Crippen molar-refractivity contribution in [1.29, 1.82) is 0 Å². The van der Waals surface area contributed by atoms with Crippen LogP contribution in [0.1, 0.15) is 0 Å². The number of benzene rings is 1. The summed E-state index contributed by atoms with van der Waals surface area (Å²) in [5, 5.41) is 9.49. The monoisotopic (exact) mass is 363 g/mol. The zero-order valence-electron chi connectivity index (χ0n) is 10.7. The molecule has 1 N–H and O–H groups in total. The zero-order chi connectivity index (χ0) is 14.8. The zero-order valence-corrected chi connectivity index (χ0v) is 13.1. The molecule has 0 aliphatic heterocycles. The first-order valence-corrected chi connectivity index (χ1v) is 7.87. The second kappa shape index (κ2) is 5.87. The third-order valence-electron chi connectivity index (χ3n) is 2.79. The highest BCUT2D eigenvalue weighted by molar-refractivity contribution is 9.10. The quantitative estimate of drug-likeness (QED) is 0.719. The third kappa shape index (κ3) is 2.93. The predicted molar refractivity (Wildman–Crippen MR) is 84.9 cm³/mol. The van der Waals surface area contributed by atoms with Crippen molar-refractivity contribution in [1.82, 2.24) is 14.5 Å². The molecule has 2 aromatic heterocycles. The molecule has 0 bridgehead atoms. The summed E-state index contributed by atoms with van der Waals surface area (Å²) in [5.74, 6) is -0.915. The first-order chi connectivity index (χ1) is 10.1. The van der Waals surface area contributed by atoms with Gasteiger partial charge in [0.1, 0.15) is 5.52 Å². The third-order valence-corrected chi connectivity index (χ3v) is 4.25. The molecule has 0 fully saturated rings. The Hall–Kier alpha value is -1.86. The van der Waals surface area contributed by atoms with Gasteiger partial charge in [0.25, 0.3) is 0 Å². The van der Waals surface area contributed by atoms with Crippen molar-refractivity contribution in [3.63, 3.8) is 0 Å². The van der Waals surface area contributed by atoms with Crippen molar-refractivity contribution >= 4 is 44.8 Å². The Balaban J connectivity index is 2.15. The molecule has 1 aromatic carbocycles. The molecule has 0 radical (unpaired) electrons. The topological polar surface area (TPSA) is 68.0 Å². The van der Waals surface area contributed by atoms with Gasteiger partial charge in [0.2, 0.25) is 0 Å². The molecule has 0 aliphatic rings. The van der Waals surface area contributed by atoms with Crippen LogP contribution < -0.4 is 0 Å². The summed E-state index contributed by atoms with van der Waals surface area (Å²) in [5.41, 5.74) is 2.35. The van der Waals surface area contributed by atoms with Crippen molar-refractivity contribution in [2.75, 3.05) is 5.75 Å². The summed E-state index contributed by atoms with van der Waals surface area (Å²) in [6, 6.07) is 11.4. The van der Waals surface area contributed by atoms with E-state index in [-0.39, 0.29) is 5.75 Å². The van der Waals surface area contributed by atoms with Crippen LogP contribution in [0.3, 0.4) is 0 Å². The average Bonchev–Trinajstić information content (AvgIpc) is 2.84. The van der Waals surface area contributed by atoms with Crippen LogP contribution in [0.25, 0.3) is 16.9 Å². The average molecular weight is 364 g/mol. The van der Waals surface area contributed by atoms with Crippen molar-refractivity contribution in [2.45, 2.75) is 5.16 Å². The fourth-order valence-electron chi connectivity index (χ4n) is 1.94. The van der Waals surface area contributed by atoms with Gasteiger partial charge in [-0.25, -0.2) is 9.97 Å². The number of carbonyl (C=O) groups is 1. The van der Waals surface area contributed by atoms with E-state index in [1.807, 2.05) is 41.0 Å². The number of nitrogens with zero attached hydrogens (tertiary/aromatic N) is 3. The standard InChI is InChI=1S/C14H10BrN3O2S/c15-9-3-5-10(6-4-9)18-13-11(2-1-7-16-13)17-14(18)21-8-12(19)20/h1-7H,8H2,(H,19,20). The summed E-state index contributed by atoms with van der Waals surface area (Å²) >= 11 is 4.58. The van der Waals surface area contributed by atoms with Crippen LogP contribution >= 0.6 is 27.7 Å². The van der Waals surface area contributed by atoms with E-state index in [9.17, 15) is 4.79 Å². The number of carboxylic acids is 1. The first-order valence-electron chi connectivity index (χ1n) is 6.09. The number of halogens is 1. The number of hydrogen-bond acceptors (Lipinski definition) is 4. The largest absolute Gasteiger partial charge is 0.481 e. The summed E-state index contributed by atoms with van der Waals surface area (Å²) in [7, 11) is 0. The molecule has 3 aromatic rings. The maximum absolute atomic E-state index is 10.8. The number of rotatable bonds is 4. The van der Waals surface area contributed by atoms with Crippen molar-refractivity contribution in [3.8, 4) is 5.69 Å². The highest BCUT2D eigenvalue weighted by Gasteiger charge is 2.14. The minimum atomic E-state index is -0.873. The number of pyridine rings is 1. The highest BCUT2D eigenvalue weighted by atomic mass is 79.9. The Labute approximate surface area is 133 Å². The van der Waals surface area contributed by atoms with E-state index in [2.05, 4.69) is 25.9 Å². The van der Waals surface area contributed by atoms with Gasteiger partial charge in [-0.2, -0.15) is 0 Å². The molecule has 0 amide bonds. The van der Waals surface area contributed by atoms with Crippen LogP contribution in [0.4, 0.5) is 0 Å². The van der Waals surface area contributed by atoms with E-state index in [0.29, 0.717) is 10.8 Å². The number of aliphatic carboxylic acids is 1. The molecule has 0 atom stereocenters. The predicted octanol–water partition coefficient (Wildman–Crippen LogP) is 3.36. The van der Waals surface area contributed by atoms with Crippen LogP contribution in [0, 0.1) is 0 Å². The molecule has 0 saturated heterocycles. The van der Waals surface area contributed by atoms with Gasteiger partial charge >= 0.3 is 5.97 Å². The van der Waals surface area contributed by atoms with Gasteiger partial charge in [0.05, 0.1) is 5.75 Å². The molecule has 106 valence electrons. The number of carboxylic acid groups (broad SMARTS) is 1. The van der Waals surface area contributed by atoms with Gasteiger partial charge in [-0.3, -0.25) is 9.36 Å². The molecule has 5 nitrogen and oxygen atoms in total. The lowest BCUT2D eigenvalue weighted by atomic mass is 10.3. The molecule has 2 heterocycles. The molecule has 0 saturated carbocycles. The lowest BCUT2D eigenvalue weighted by Crippen LogP contribution is -2.02. The van der Waals surface area contributed by atoms with E-state index >= 15 is 0 Å². The fourth-order valence-corrected chi connectivity index (χ4v) is 2.94. The van der Waals surface area contributed by atoms with Gasteiger partial charge in [-0.1, -0.05) is 27.7 Å². The lowest BCUT2D eigenvalue weighted by molar-refractivity contribution is -0.133. The Morgan fingerprint density at radius 3 is 2.76 bits per heavy atom. The number of thioether (sulfide) groups is 1. The molecule has 0 unspecified atom stereocenters. The Morgan fingerprint density at radius 2 is 2.05 bits per heavy atom. The van der Waals surface area contributed by atoms with Crippen molar-refractivity contribution in [3.05, 3.63) is 47.1 Å². The Bertz CT molecular complexity index is 802. The van der Waals surface area contributed by atoms with Crippen LogP contribution in [0.15, 0.2) is 52.2 Å². The molecule has 7 heteroatoms. The second-order valence-corrected chi connectivity index (χ2v) is 6.09. The molecule has 21 heavy (non-hydrogen) atoms. The second-order valence-electron chi connectivity index (χ2n) is 4.23. The summed E-state index contributed by atoms with van der Waals surface area (Å²) < 4.78 is 2.85. The molecule has 0 spiro atoms. The smallest absolute Gasteiger partial charge is 0.313 e. The lowest BCUT2D eigenvalue weighted by Gasteiger charge is -2.07. The summed E-state index contributed by atoms with van der Waals surface area (Å²) in [6.07, 6.45) is 1.70. The van der Waals surface area contributed by atoms with Crippen LogP contribution in [-0.2, 0) is 4.79 Å². The van der Waals surface area contributed by atoms with Crippen molar-refractivity contribution < 1.29 is 9.90 Å². The van der Waals surface area contributed by atoms with Gasteiger partial charge in [-0.15, -0.1) is 0 Å². The number of hydrogen-bond donors (Lipinski definition) is 1. The van der Waals surface area contributed by atoms with Gasteiger partial charge in [-0.05, 0) is 36.4 Å². The summed E-state index contributed by atoms with van der Waals surface area (Å²) in [4.78, 5) is 19.6. The van der Waals surface area contributed by atoms with E-state index in [1.54, 1.807) is 6.20 Å². The minimum Gasteiger partial charge on any atom is -0.481 e. The maximum atomic E-state index is 10.8. The van der Waals surface area contributed by atoms with Crippen LogP contribution in [-0.4, -0.2) is 31.4 Å². The maximum Gasteiger partial charge on any atom is 0.313 e. The minimum absolute atomic E-state index is 0.0418. The van der Waals surface area contributed by atoms with Gasteiger partial charge < -0.3 is 5.11 Å². The molecular weight excluding hydrogens is 354 g/mol. The molecular formula is C14H10BrN3O2S. The van der Waals surface area contributed by atoms with Crippen molar-refractivity contribution in [2.24, 2.45) is 0 Å². The van der Waals surface area contributed by atoms with E-state index in [1.165, 1.54) is 11.8 Å². The number of fused-ring (bicyclic) bond motifs is 1. The Morgan fingerprint density at radius 1 is 1.29 bits per heavy atom. The fraction of sp³-hybridized carbons (Fsp3) is 0.0714. The summed E-state index contributed by atoms with van der Waals surface area (Å²) in [6.45, 7) is 0. The van der Waals surface area contributed by atoms with Crippen LogP contribution in [0.2, 0.25) is 0 Å². The first kappa shape index (κ1) is 14.1. The Kier molecular flexibility index (Phi) is 3.94. The van der Waals surface area contributed by atoms with E-state index < -0.39 is 5.97 Å². The van der Waals surface area contributed by atoms with Gasteiger partial charge in [0, 0.05) is 16.4 Å². The SMILES string of the molecule is O=C(O)CSc1nc2cccnc2n1-c1ccc(Br)cc1.